The first-order valence-electron chi connectivity index (χ1n) is 10.4. The molecule has 1 unspecified atom stereocenters. The molecule has 0 saturated carbocycles. The maximum Gasteiger partial charge on any atom is 0.255 e. The number of rotatable bonds is 8. The van der Waals surface area contributed by atoms with Gasteiger partial charge in [0.05, 0.1) is 27.7 Å². The summed E-state index contributed by atoms with van der Waals surface area (Å²) in [7, 11) is 3.92. The molecule has 7 nitrogen and oxygen atoms in total. The normalized spacial score (nSPS) is 12.2. The number of aromatic amines is 1. The minimum atomic E-state index is -0.365. The summed E-state index contributed by atoms with van der Waals surface area (Å²) in [5.41, 5.74) is 2.32. The molecule has 170 valence electrons. The van der Waals surface area contributed by atoms with Gasteiger partial charge in [0.1, 0.15) is 5.82 Å². The molecule has 1 heterocycles. The number of hydrogen-bond acceptors (Lipinski definition) is 4. The van der Waals surface area contributed by atoms with Gasteiger partial charge in [0, 0.05) is 30.2 Å². The van der Waals surface area contributed by atoms with E-state index in [2.05, 4.69) is 15.3 Å². The van der Waals surface area contributed by atoms with Crippen molar-refractivity contribution in [2.24, 2.45) is 0 Å². The van der Waals surface area contributed by atoms with Crippen LogP contribution in [0.1, 0.15) is 46.4 Å². The third-order valence-electron chi connectivity index (χ3n) is 5.17. The molecule has 0 spiro atoms. The van der Waals surface area contributed by atoms with Crippen LogP contribution in [-0.2, 0) is 0 Å². The fraction of sp³-hybridized carbons (Fsp3) is 0.348. The first-order chi connectivity index (χ1) is 15.2. The third-order valence-corrected chi connectivity index (χ3v) is 5.72. The van der Waals surface area contributed by atoms with Crippen molar-refractivity contribution < 1.29 is 9.59 Å². The SMILES string of the molecule is CCN(CCN(C)C)C(=O)c1ccc(C(=O)NC(C)c2nc3ccc(Cl)cc3[nH]2)cc1Cl. The third kappa shape index (κ3) is 5.59. The van der Waals surface area contributed by atoms with E-state index in [1.807, 2.05) is 38.9 Å². The van der Waals surface area contributed by atoms with Crippen LogP contribution < -0.4 is 5.32 Å². The van der Waals surface area contributed by atoms with Crippen molar-refractivity contribution >= 4 is 46.0 Å². The zero-order valence-corrected chi connectivity index (χ0v) is 20.1. The minimum Gasteiger partial charge on any atom is -0.342 e. The zero-order chi connectivity index (χ0) is 23.4. The van der Waals surface area contributed by atoms with E-state index in [-0.39, 0.29) is 22.9 Å². The number of H-pyrrole nitrogens is 1. The number of imidazole rings is 1. The molecule has 0 radical (unpaired) electrons. The van der Waals surface area contributed by atoms with E-state index in [0.29, 0.717) is 35.1 Å². The number of nitrogens with zero attached hydrogens (tertiary/aromatic N) is 3. The molecule has 2 amide bonds. The minimum absolute atomic E-state index is 0.152. The molecule has 0 fully saturated rings. The number of fused-ring (bicyclic) bond motifs is 1. The van der Waals surface area contributed by atoms with Crippen molar-refractivity contribution in [3.05, 3.63) is 63.4 Å². The molecule has 2 aromatic carbocycles. The summed E-state index contributed by atoms with van der Waals surface area (Å²) in [6.45, 7) is 5.69. The van der Waals surface area contributed by atoms with E-state index in [1.54, 1.807) is 29.2 Å². The first kappa shape index (κ1) is 24.0. The maximum absolute atomic E-state index is 12.9. The molecule has 0 aliphatic carbocycles. The average molecular weight is 476 g/mol. The highest BCUT2D eigenvalue weighted by Gasteiger charge is 2.20. The summed E-state index contributed by atoms with van der Waals surface area (Å²) in [5.74, 6) is 0.158. The van der Waals surface area contributed by atoms with Gasteiger partial charge in [-0.3, -0.25) is 9.59 Å². The van der Waals surface area contributed by atoms with E-state index in [9.17, 15) is 9.59 Å². The van der Waals surface area contributed by atoms with Crippen molar-refractivity contribution in [3.8, 4) is 0 Å². The summed E-state index contributed by atoms with van der Waals surface area (Å²) in [4.78, 5) is 37.1. The number of hydrogen-bond donors (Lipinski definition) is 2. The summed E-state index contributed by atoms with van der Waals surface area (Å²) in [6.07, 6.45) is 0. The van der Waals surface area contributed by atoms with Gasteiger partial charge in [0.15, 0.2) is 0 Å². The Kier molecular flexibility index (Phi) is 7.77. The highest BCUT2D eigenvalue weighted by molar-refractivity contribution is 6.34. The van der Waals surface area contributed by atoms with E-state index in [4.69, 9.17) is 23.2 Å². The lowest BCUT2D eigenvalue weighted by molar-refractivity contribution is 0.0753. The number of amides is 2. The summed E-state index contributed by atoms with van der Waals surface area (Å²) < 4.78 is 0. The van der Waals surface area contributed by atoms with Gasteiger partial charge in [-0.15, -0.1) is 0 Å². The van der Waals surface area contributed by atoms with Gasteiger partial charge in [-0.05, 0) is 64.3 Å². The van der Waals surface area contributed by atoms with Gasteiger partial charge in [0.2, 0.25) is 0 Å². The lowest BCUT2D eigenvalue weighted by Gasteiger charge is -2.23. The van der Waals surface area contributed by atoms with Crippen LogP contribution in [0.25, 0.3) is 11.0 Å². The Labute approximate surface area is 197 Å². The molecule has 1 aromatic heterocycles. The highest BCUT2D eigenvalue weighted by atomic mass is 35.5. The Hall–Kier alpha value is -2.61. The van der Waals surface area contributed by atoms with Crippen LogP contribution in [0.15, 0.2) is 36.4 Å². The number of carbonyl (C=O) groups excluding carboxylic acids is 2. The van der Waals surface area contributed by atoms with Crippen molar-refractivity contribution in [1.82, 2.24) is 25.1 Å². The fourth-order valence-corrected chi connectivity index (χ4v) is 3.71. The Bertz CT molecular complexity index is 1130. The Balaban J connectivity index is 1.71. The Morgan fingerprint density at radius 3 is 2.53 bits per heavy atom. The topological polar surface area (TPSA) is 81.3 Å². The molecular formula is C23H27Cl2N5O2. The van der Waals surface area contributed by atoms with Gasteiger partial charge < -0.3 is 20.1 Å². The smallest absolute Gasteiger partial charge is 0.255 e. The molecule has 2 N–H and O–H groups in total. The van der Waals surface area contributed by atoms with Gasteiger partial charge in [-0.1, -0.05) is 23.2 Å². The van der Waals surface area contributed by atoms with Crippen molar-refractivity contribution in [2.75, 3.05) is 33.7 Å². The summed E-state index contributed by atoms with van der Waals surface area (Å²) in [5, 5.41) is 3.76. The van der Waals surface area contributed by atoms with Crippen LogP contribution in [0.2, 0.25) is 10.0 Å². The van der Waals surface area contributed by atoms with E-state index < -0.39 is 0 Å². The molecule has 3 rings (SSSR count). The van der Waals surface area contributed by atoms with Gasteiger partial charge in [0.25, 0.3) is 11.8 Å². The number of benzene rings is 2. The summed E-state index contributed by atoms with van der Waals surface area (Å²) >= 11 is 12.4. The molecule has 9 heteroatoms. The predicted molar refractivity (Wildman–Crippen MR) is 129 cm³/mol. The van der Waals surface area contributed by atoms with Crippen molar-refractivity contribution in [2.45, 2.75) is 19.9 Å². The molecule has 3 aromatic rings. The lowest BCUT2D eigenvalue weighted by atomic mass is 10.1. The molecule has 0 aliphatic heterocycles. The number of aromatic nitrogens is 2. The predicted octanol–water partition coefficient (Wildman–Crippen LogP) is 4.38. The van der Waals surface area contributed by atoms with Gasteiger partial charge >= 0.3 is 0 Å². The molecule has 0 aliphatic rings. The van der Waals surface area contributed by atoms with Crippen molar-refractivity contribution in [1.29, 1.82) is 0 Å². The van der Waals surface area contributed by atoms with E-state index in [0.717, 1.165) is 17.6 Å². The zero-order valence-electron chi connectivity index (χ0n) is 18.6. The van der Waals surface area contributed by atoms with Gasteiger partial charge in [-0.2, -0.15) is 0 Å². The first-order valence-corrected chi connectivity index (χ1v) is 11.1. The molecular weight excluding hydrogens is 449 g/mol. The van der Waals surface area contributed by atoms with Crippen LogP contribution in [0.5, 0.6) is 0 Å². The second-order valence-corrected chi connectivity index (χ2v) is 8.71. The van der Waals surface area contributed by atoms with Crippen LogP contribution in [-0.4, -0.2) is 65.3 Å². The number of carbonyl (C=O) groups is 2. The highest BCUT2D eigenvalue weighted by Crippen LogP contribution is 2.22. The number of nitrogens with one attached hydrogen (secondary N) is 2. The molecule has 32 heavy (non-hydrogen) atoms. The second-order valence-electron chi connectivity index (χ2n) is 7.86. The van der Waals surface area contributed by atoms with Crippen LogP contribution in [0.3, 0.4) is 0 Å². The lowest BCUT2D eigenvalue weighted by Crippen LogP contribution is -2.36. The fourth-order valence-electron chi connectivity index (χ4n) is 3.28. The van der Waals surface area contributed by atoms with Crippen LogP contribution in [0.4, 0.5) is 0 Å². The summed E-state index contributed by atoms with van der Waals surface area (Å²) in [6, 6.07) is 9.74. The standard InChI is InChI=1S/C23H27Cl2N5O2/c1-5-30(11-10-29(3)4)23(32)17-8-6-15(12-18(17)25)22(31)26-14(2)21-27-19-9-7-16(24)13-20(19)28-21/h6-9,12-14H,5,10-11H2,1-4H3,(H,26,31)(H,27,28). The quantitative estimate of drug-likeness (QED) is 0.506. The van der Waals surface area contributed by atoms with E-state index >= 15 is 0 Å². The second kappa shape index (κ2) is 10.3. The van der Waals surface area contributed by atoms with Gasteiger partial charge in [-0.25, -0.2) is 4.98 Å². The van der Waals surface area contributed by atoms with Crippen LogP contribution >= 0.6 is 23.2 Å². The van der Waals surface area contributed by atoms with E-state index in [1.165, 1.54) is 6.07 Å². The molecule has 0 bridgehead atoms. The maximum atomic E-state index is 12.9. The molecule has 0 saturated heterocycles. The number of halogens is 2. The Morgan fingerprint density at radius 1 is 1.12 bits per heavy atom. The largest absolute Gasteiger partial charge is 0.342 e. The van der Waals surface area contributed by atoms with Crippen molar-refractivity contribution in [3.63, 3.8) is 0 Å². The Morgan fingerprint density at radius 2 is 1.88 bits per heavy atom. The molecule has 1 atom stereocenters. The monoisotopic (exact) mass is 475 g/mol. The number of likely N-dealkylation sites (N-methyl/N-ethyl adjacent to an activating group) is 2. The average Bonchev–Trinajstić information content (AvgIpc) is 3.17. The van der Waals surface area contributed by atoms with Crippen LogP contribution in [0, 0.1) is 0 Å².